The van der Waals surface area contributed by atoms with Gasteiger partial charge in [-0.1, -0.05) is 18.2 Å². The number of halogens is 2. The number of rotatable bonds is 8. The van der Waals surface area contributed by atoms with Crippen LogP contribution in [0.1, 0.15) is 22.8 Å². The SMILES string of the molecule is CC(=O)c1ccc(NC(=O)Nc2n[nH]c3cc(OCc4ccccc4OC(F)F)ccc23)cc1. The Labute approximate surface area is 192 Å². The molecule has 0 bridgehead atoms. The van der Waals surface area contributed by atoms with Crippen LogP contribution in [0, 0.1) is 0 Å². The highest BCUT2D eigenvalue weighted by molar-refractivity contribution is 6.05. The number of ketones is 1. The minimum Gasteiger partial charge on any atom is -0.489 e. The van der Waals surface area contributed by atoms with Crippen molar-refractivity contribution < 1.29 is 27.8 Å². The third kappa shape index (κ3) is 5.47. The second-order valence-electron chi connectivity index (χ2n) is 7.27. The monoisotopic (exact) mass is 466 g/mol. The second-order valence-corrected chi connectivity index (χ2v) is 7.27. The van der Waals surface area contributed by atoms with Gasteiger partial charge in [-0.3, -0.25) is 15.2 Å². The van der Waals surface area contributed by atoms with Gasteiger partial charge in [0, 0.05) is 28.3 Å². The molecule has 0 radical (unpaired) electrons. The number of carbonyl (C=O) groups is 2. The van der Waals surface area contributed by atoms with Gasteiger partial charge in [0.05, 0.1) is 5.52 Å². The fourth-order valence-corrected chi connectivity index (χ4v) is 3.24. The molecule has 0 aliphatic heterocycles. The molecule has 2 amide bonds. The first kappa shape index (κ1) is 22.7. The molecule has 3 aromatic carbocycles. The number of ether oxygens (including phenoxy) is 2. The molecule has 0 fully saturated rings. The van der Waals surface area contributed by atoms with Crippen molar-refractivity contribution in [2.75, 3.05) is 10.6 Å². The zero-order valence-electron chi connectivity index (χ0n) is 18.0. The van der Waals surface area contributed by atoms with E-state index in [1.54, 1.807) is 60.7 Å². The number of benzene rings is 3. The van der Waals surface area contributed by atoms with Gasteiger partial charge in [-0.2, -0.15) is 13.9 Å². The van der Waals surface area contributed by atoms with Crippen LogP contribution < -0.4 is 20.1 Å². The lowest BCUT2D eigenvalue weighted by Crippen LogP contribution is -2.19. The summed E-state index contributed by atoms with van der Waals surface area (Å²) >= 11 is 0. The Kier molecular flexibility index (Phi) is 6.67. The van der Waals surface area contributed by atoms with E-state index in [0.717, 1.165) is 0 Å². The van der Waals surface area contributed by atoms with E-state index in [4.69, 9.17) is 4.74 Å². The second kappa shape index (κ2) is 9.99. The molecule has 0 saturated heterocycles. The van der Waals surface area contributed by atoms with Crippen molar-refractivity contribution in [1.29, 1.82) is 0 Å². The van der Waals surface area contributed by atoms with E-state index in [2.05, 4.69) is 25.6 Å². The molecular formula is C24H20F2N4O4. The van der Waals surface area contributed by atoms with Crippen LogP contribution in [0.2, 0.25) is 0 Å². The quantitative estimate of drug-likeness (QED) is 0.294. The zero-order chi connectivity index (χ0) is 24.1. The smallest absolute Gasteiger partial charge is 0.387 e. The number of urea groups is 1. The molecule has 10 heteroatoms. The largest absolute Gasteiger partial charge is 0.489 e. The number of aromatic amines is 1. The third-order valence-corrected chi connectivity index (χ3v) is 4.90. The summed E-state index contributed by atoms with van der Waals surface area (Å²) in [6.07, 6.45) is 0. The number of hydrogen-bond donors (Lipinski definition) is 3. The standard InChI is InChI=1S/C24H20F2N4O4/c1-14(31)15-6-8-17(9-7-15)27-24(32)28-22-19-11-10-18(12-20(19)29-30-22)33-13-16-4-2-3-5-21(16)34-23(25)26/h2-12,23H,13H2,1H3,(H3,27,28,29,30,32). The van der Waals surface area contributed by atoms with Crippen LogP contribution in [0.4, 0.5) is 25.1 Å². The number of nitrogens with one attached hydrogen (secondary N) is 3. The molecule has 34 heavy (non-hydrogen) atoms. The van der Waals surface area contributed by atoms with Crippen molar-refractivity contribution in [2.24, 2.45) is 0 Å². The van der Waals surface area contributed by atoms with Crippen LogP contribution in [0.25, 0.3) is 10.9 Å². The number of carbonyl (C=O) groups excluding carboxylic acids is 2. The van der Waals surface area contributed by atoms with E-state index >= 15 is 0 Å². The van der Waals surface area contributed by atoms with Crippen molar-refractivity contribution in [3.63, 3.8) is 0 Å². The number of Topliss-reactive ketones (excluding diaryl/α,β-unsaturated/α-hetero) is 1. The molecule has 0 unspecified atom stereocenters. The average molecular weight is 466 g/mol. The normalized spacial score (nSPS) is 10.8. The van der Waals surface area contributed by atoms with Crippen LogP contribution >= 0.6 is 0 Å². The number of aromatic nitrogens is 2. The maximum atomic E-state index is 12.6. The zero-order valence-corrected chi connectivity index (χ0v) is 18.0. The molecule has 3 N–H and O–H groups in total. The van der Waals surface area contributed by atoms with Crippen LogP contribution in [0.15, 0.2) is 66.7 Å². The highest BCUT2D eigenvalue weighted by Gasteiger charge is 2.12. The molecule has 4 rings (SSSR count). The lowest BCUT2D eigenvalue weighted by Gasteiger charge is -2.11. The van der Waals surface area contributed by atoms with Gasteiger partial charge in [0.25, 0.3) is 0 Å². The lowest BCUT2D eigenvalue weighted by molar-refractivity contribution is -0.0508. The molecular weight excluding hydrogens is 446 g/mol. The van der Waals surface area contributed by atoms with Gasteiger partial charge < -0.3 is 14.8 Å². The Morgan fingerprint density at radius 1 is 1.03 bits per heavy atom. The van der Waals surface area contributed by atoms with Gasteiger partial charge in [0.15, 0.2) is 11.6 Å². The Bertz CT molecular complexity index is 1320. The number of anilines is 2. The number of fused-ring (bicyclic) bond motifs is 1. The number of para-hydroxylation sites is 1. The predicted molar refractivity (Wildman–Crippen MR) is 123 cm³/mol. The van der Waals surface area contributed by atoms with Crippen molar-refractivity contribution in [3.8, 4) is 11.5 Å². The highest BCUT2D eigenvalue weighted by atomic mass is 19.3. The van der Waals surface area contributed by atoms with Crippen molar-refractivity contribution in [2.45, 2.75) is 20.1 Å². The first-order valence-electron chi connectivity index (χ1n) is 10.2. The van der Waals surface area contributed by atoms with E-state index in [9.17, 15) is 18.4 Å². The maximum absolute atomic E-state index is 12.6. The number of H-pyrrole nitrogens is 1. The molecule has 0 saturated carbocycles. The van der Waals surface area contributed by atoms with Crippen LogP contribution in [-0.4, -0.2) is 28.6 Å². The van der Waals surface area contributed by atoms with Gasteiger partial charge in [-0.05, 0) is 49.4 Å². The van der Waals surface area contributed by atoms with Gasteiger partial charge in [0.2, 0.25) is 0 Å². The topological polar surface area (TPSA) is 105 Å². The highest BCUT2D eigenvalue weighted by Crippen LogP contribution is 2.27. The summed E-state index contributed by atoms with van der Waals surface area (Å²) in [5.41, 5.74) is 2.15. The van der Waals surface area contributed by atoms with E-state index in [1.165, 1.54) is 13.0 Å². The number of nitrogens with zero attached hydrogens (tertiary/aromatic N) is 1. The van der Waals surface area contributed by atoms with E-state index in [1.807, 2.05) is 0 Å². The van der Waals surface area contributed by atoms with Crippen LogP contribution in [-0.2, 0) is 6.61 Å². The first-order valence-corrected chi connectivity index (χ1v) is 10.2. The van der Waals surface area contributed by atoms with Gasteiger partial charge in [-0.15, -0.1) is 0 Å². The first-order chi connectivity index (χ1) is 16.4. The van der Waals surface area contributed by atoms with Crippen molar-refractivity contribution >= 4 is 34.2 Å². The molecule has 8 nitrogen and oxygen atoms in total. The molecule has 4 aromatic rings. The van der Waals surface area contributed by atoms with Crippen LogP contribution in [0.5, 0.6) is 11.5 Å². The molecule has 1 heterocycles. The summed E-state index contributed by atoms with van der Waals surface area (Å²) in [5.74, 6) is 0.779. The molecule has 0 aliphatic rings. The van der Waals surface area contributed by atoms with Crippen molar-refractivity contribution in [1.82, 2.24) is 10.2 Å². The molecule has 0 spiro atoms. The summed E-state index contributed by atoms with van der Waals surface area (Å²) in [6, 6.07) is 17.5. The number of hydrogen-bond acceptors (Lipinski definition) is 5. The number of alkyl halides is 2. The lowest BCUT2D eigenvalue weighted by atomic mass is 10.1. The van der Waals surface area contributed by atoms with Crippen molar-refractivity contribution in [3.05, 3.63) is 77.9 Å². The third-order valence-electron chi connectivity index (χ3n) is 4.90. The summed E-state index contributed by atoms with van der Waals surface area (Å²) < 4.78 is 35.4. The molecule has 1 aromatic heterocycles. The Balaban J connectivity index is 1.40. The predicted octanol–water partition coefficient (Wildman–Crippen LogP) is 5.59. The van der Waals surface area contributed by atoms with E-state index in [-0.39, 0.29) is 18.1 Å². The summed E-state index contributed by atoms with van der Waals surface area (Å²) in [7, 11) is 0. The molecule has 0 aliphatic carbocycles. The van der Waals surface area contributed by atoms with Gasteiger partial charge >= 0.3 is 12.6 Å². The van der Waals surface area contributed by atoms with Crippen LogP contribution in [0.3, 0.4) is 0 Å². The van der Waals surface area contributed by atoms with E-state index in [0.29, 0.717) is 39.3 Å². The fourth-order valence-electron chi connectivity index (χ4n) is 3.24. The minimum atomic E-state index is -2.93. The Morgan fingerprint density at radius 2 is 1.79 bits per heavy atom. The average Bonchev–Trinajstić information content (AvgIpc) is 3.20. The summed E-state index contributed by atoms with van der Waals surface area (Å²) in [5, 5.41) is 12.9. The van der Waals surface area contributed by atoms with Gasteiger partial charge in [0.1, 0.15) is 18.1 Å². The number of amides is 2. The summed E-state index contributed by atoms with van der Waals surface area (Å²) in [4.78, 5) is 23.7. The van der Waals surface area contributed by atoms with E-state index < -0.39 is 12.6 Å². The maximum Gasteiger partial charge on any atom is 0.387 e. The Morgan fingerprint density at radius 3 is 2.53 bits per heavy atom. The Hall–Kier alpha value is -4.47. The molecule has 0 atom stereocenters. The van der Waals surface area contributed by atoms with Gasteiger partial charge in [-0.25, -0.2) is 4.79 Å². The molecule has 174 valence electrons. The fraction of sp³-hybridized carbons (Fsp3) is 0.125. The summed E-state index contributed by atoms with van der Waals surface area (Å²) in [6.45, 7) is -1.43. The minimum absolute atomic E-state index is 0.0263.